The van der Waals surface area contributed by atoms with Crippen LogP contribution in [0.3, 0.4) is 0 Å². The molecule has 7 heteroatoms. The molecule has 0 aliphatic carbocycles. The van der Waals surface area contributed by atoms with Crippen LogP contribution in [-0.2, 0) is 16.0 Å². The zero-order valence-corrected chi connectivity index (χ0v) is 17.9. The number of nitrogens with zero attached hydrogens (tertiary/aromatic N) is 1. The molecule has 0 saturated carbocycles. The van der Waals surface area contributed by atoms with E-state index in [0.717, 1.165) is 43.5 Å². The molecule has 4 rings (SSSR count). The smallest absolute Gasteiger partial charge is 0.258 e. The van der Waals surface area contributed by atoms with Crippen molar-refractivity contribution < 1.29 is 18.7 Å². The van der Waals surface area contributed by atoms with Gasteiger partial charge in [-0.1, -0.05) is 36.4 Å². The van der Waals surface area contributed by atoms with E-state index in [1.165, 1.54) is 12.1 Å². The number of likely N-dealkylation sites (tertiary alicyclic amines) is 1. The summed E-state index contributed by atoms with van der Waals surface area (Å²) in [6.07, 6.45) is 7.40. The van der Waals surface area contributed by atoms with Gasteiger partial charge in [-0.3, -0.25) is 14.5 Å². The minimum atomic E-state index is -0.392. The predicted molar refractivity (Wildman–Crippen MR) is 121 cm³/mol. The van der Waals surface area contributed by atoms with Crippen LogP contribution < -0.4 is 15.4 Å². The van der Waals surface area contributed by atoms with E-state index in [9.17, 15) is 14.0 Å². The minimum absolute atomic E-state index is 0.00289. The van der Waals surface area contributed by atoms with Crippen molar-refractivity contribution in [2.24, 2.45) is 0 Å². The van der Waals surface area contributed by atoms with Crippen LogP contribution in [0.4, 0.5) is 10.1 Å². The van der Waals surface area contributed by atoms with E-state index < -0.39 is 5.82 Å². The first-order valence-corrected chi connectivity index (χ1v) is 11.0. The third-order valence-electron chi connectivity index (χ3n) is 5.91. The summed E-state index contributed by atoms with van der Waals surface area (Å²) in [7, 11) is 0. The van der Waals surface area contributed by atoms with E-state index in [-0.39, 0.29) is 37.0 Å². The summed E-state index contributed by atoms with van der Waals surface area (Å²) in [5.41, 5.74) is 1.47. The molecule has 2 atom stereocenters. The SMILES string of the molecule is O=C(CN1CCC[C@H]2NC(=O)COc3ccccc3C/C=C/C[C@H]21)Nc1cccc(F)c1. The standard InChI is InChI=1S/C25H28FN3O3/c26-19-9-5-10-20(15-19)27-24(30)16-29-14-6-11-21-22(29)12-3-1-7-18-8-2-4-13-23(18)32-17-25(31)28-21/h1-5,8-10,13,15,21-22H,6-7,11-12,14,16-17H2,(H,27,30)(H,28,31)/b3-1+/t21-,22-/m1/s1. The fourth-order valence-corrected chi connectivity index (χ4v) is 4.41. The lowest BCUT2D eigenvalue weighted by Crippen LogP contribution is -2.57. The highest BCUT2D eigenvalue weighted by molar-refractivity contribution is 5.92. The summed E-state index contributed by atoms with van der Waals surface area (Å²) in [4.78, 5) is 27.3. The number of anilines is 1. The minimum Gasteiger partial charge on any atom is -0.483 e. The Bertz CT molecular complexity index is 994. The fourth-order valence-electron chi connectivity index (χ4n) is 4.41. The van der Waals surface area contributed by atoms with Crippen molar-refractivity contribution in [3.63, 3.8) is 0 Å². The number of ether oxygens (including phenoxy) is 1. The number of carbonyl (C=O) groups is 2. The Labute approximate surface area is 187 Å². The van der Waals surface area contributed by atoms with Crippen LogP contribution in [0, 0.1) is 5.82 Å². The molecule has 2 N–H and O–H groups in total. The van der Waals surface area contributed by atoms with Crippen LogP contribution in [-0.4, -0.2) is 48.5 Å². The Morgan fingerprint density at radius 3 is 2.94 bits per heavy atom. The number of hydrogen-bond donors (Lipinski definition) is 2. The van der Waals surface area contributed by atoms with Crippen LogP contribution in [0.1, 0.15) is 24.8 Å². The highest BCUT2D eigenvalue weighted by atomic mass is 19.1. The van der Waals surface area contributed by atoms with Crippen molar-refractivity contribution >= 4 is 17.5 Å². The van der Waals surface area contributed by atoms with Crippen LogP contribution in [0.15, 0.2) is 60.7 Å². The van der Waals surface area contributed by atoms with Gasteiger partial charge in [-0.15, -0.1) is 0 Å². The number of fused-ring (bicyclic) bond motifs is 2. The number of hydrogen-bond acceptors (Lipinski definition) is 4. The molecule has 0 unspecified atom stereocenters. The Hall–Kier alpha value is -3.19. The lowest BCUT2D eigenvalue weighted by molar-refractivity contribution is -0.124. The number of para-hydroxylation sites is 1. The predicted octanol–water partition coefficient (Wildman–Crippen LogP) is 3.29. The molecule has 2 heterocycles. The number of halogens is 1. The van der Waals surface area contributed by atoms with E-state index >= 15 is 0 Å². The van der Waals surface area contributed by atoms with Gasteiger partial charge in [0.2, 0.25) is 5.91 Å². The molecule has 2 aromatic carbocycles. The molecule has 1 fully saturated rings. The number of piperidine rings is 1. The Balaban J connectivity index is 1.47. The number of carbonyl (C=O) groups excluding carboxylic acids is 2. The average Bonchev–Trinajstić information content (AvgIpc) is 2.76. The second-order valence-corrected chi connectivity index (χ2v) is 8.22. The molecular weight excluding hydrogens is 409 g/mol. The third kappa shape index (κ3) is 5.73. The largest absolute Gasteiger partial charge is 0.483 e. The fraction of sp³-hybridized carbons (Fsp3) is 0.360. The maximum absolute atomic E-state index is 13.4. The van der Waals surface area contributed by atoms with E-state index in [2.05, 4.69) is 27.7 Å². The average molecular weight is 438 g/mol. The number of nitrogens with one attached hydrogen (secondary N) is 2. The van der Waals surface area contributed by atoms with Gasteiger partial charge in [0.1, 0.15) is 11.6 Å². The lowest BCUT2D eigenvalue weighted by Gasteiger charge is -2.41. The Morgan fingerprint density at radius 1 is 1.19 bits per heavy atom. The van der Waals surface area contributed by atoms with Gasteiger partial charge in [-0.2, -0.15) is 0 Å². The van der Waals surface area contributed by atoms with Gasteiger partial charge in [0.15, 0.2) is 6.61 Å². The van der Waals surface area contributed by atoms with Crippen molar-refractivity contribution in [3.8, 4) is 5.75 Å². The highest BCUT2D eigenvalue weighted by Crippen LogP contribution is 2.23. The van der Waals surface area contributed by atoms with Crippen molar-refractivity contribution in [2.45, 2.75) is 37.8 Å². The van der Waals surface area contributed by atoms with Gasteiger partial charge in [0.25, 0.3) is 5.91 Å². The van der Waals surface area contributed by atoms with Crippen molar-refractivity contribution in [2.75, 3.05) is 25.0 Å². The van der Waals surface area contributed by atoms with E-state index in [1.54, 1.807) is 12.1 Å². The van der Waals surface area contributed by atoms with Crippen LogP contribution in [0.25, 0.3) is 0 Å². The summed E-state index contributed by atoms with van der Waals surface area (Å²) < 4.78 is 19.2. The molecule has 2 amide bonds. The van der Waals surface area contributed by atoms with Crippen LogP contribution in [0.2, 0.25) is 0 Å². The third-order valence-corrected chi connectivity index (χ3v) is 5.91. The number of amides is 2. The molecule has 0 bridgehead atoms. The molecule has 2 aromatic rings. The summed E-state index contributed by atoms with van der Waals surface area (Å²) >= 11 is 0. The monoisotopic (exact) mass is 437 g/mol. The topological polar surface area (TPSA) is 70.7 Å². The summed E-state index contributed by atoms with van der Waals surface area (Å²) in [6.45, 7) is 0.908. The number of benzene rings is 2. The maximum atomic E-state index is 13.4. The quantitative estimate of drug-likeness (QED) is 0.723. The lowest BCUT2D eigenvalue weighted by atomic mass is 9.92. The first-order valence-electron chi connectivity index (χ1n) is 11.0. The number of rotatable bonds is 3. The van der Waals surface area contributed by atoms with Gasteiger partial charge in [0.05, 0.1) is 6.54 Å². The molecular formula is C25H28FN3O3. The van der Waals surface area contributed by atoms with Gasteiger partial charge in [-0.25, -0.2) is 4.39 Å². The second kappa shape index (κ2) is 10.4. The Kier molecular flexibility index (Phi) is 7.17. The first kappa shape index (κ1) is 22.0. The van der Waals surface area contributed by atoms with Crippen molar-refractivity contribution in [1.82, 2.24) is 10.2 Å². The molecule has 1 saturated heterocycles. The Morgan fingerprint density at radius 2 is 2.06 bits per heavy atom. The van der Waals surface area contributed by atoms with E-state index in [0.29, 0.717) is 5.69 Å². The molecule has 0 radical (unpaired) electrons. The molecule has 2 aliphatic heterocycles. The molecule has 168 valence electrons. The van der Waals surface area contributed by atoms with E-state index in [4.69, 9.17) is 4.74 Å². The van der Waals surface area contributed by atoms with Crippen LogP contribution >= 0.6 is 0 Å². The van der Waals surface area contributed by atoms with Gasteiger partial charge in [0, 0.05) is 17.8 Å². The van der Waals surface area contributed by atoms with Crippen molar-refractivity contribution in [3.05, 3.63) is 72.1 Å². The highest BCUT2D eigenvalue weighted by Gasteiger charge is 2.33. The van der Waals surface area contributed by atoms with Gasteiger partial charge < -0.3 is 15.4 Å². The van der Waals surface area contributed by atoms with Gasteiger partial charge >= 0.3 is 0 Å². The maximum Gasteiger partial charge on any atom is 0.258 e. The summed E-state index contributed by atoms with van der Waals surface area (Å²) in [6, 6.07) is 13.5. The molecule has 32 heavy (non-hydrogen) atoms. The zero-order valence-electron chi connectivity index (χ0n) is 17.9. The van der Waals surface area contributed by atoms with Gasteiger partial charge in [-0.05, 0) is 62.1 Å². The summed E-state index contributed by atoms with van der Waals surface area (Å²) in [5.74, 6) is -0.0270. The summed E-state index contributed by atoms with van der Waals surface area (Å²) in [5, 5.41) is 5.88. The van der Waals surface area contributed by atoms with Crippen LogP contribution in [0.5, 0.6) is 5.75 Å². The second-order valence-electron chi connectivity index (χ2n) is 8.22. The zero-order chi connectivity index (χ0) is 22.3. The normalized spacial score (nSPS) is 22.7. The molecule has 0 aromatic heterocycles. The number of allylic oxidation sites excluding steroid dienone is 1. The first-order chi connectivity index (χ1) is 15.6. The molecule has 2 aliphatic rings. The molecule has 6 nitrogen and oxygen atoms in total. The van der Waals surface area contributed by atoms with Crippen molar-refractivity contribution in [1.29, 1.82) is 0 Å². The molecule has 0 spiro atoms. The van der Waals surface area contributed by atoms with E-state index in [1.807, 2.05) is 24.3 Å².